The minimum Gasteiger partial charge on any atom is -0.292 e. The average molecular weight is 423 g/mol. The van der Waals surface area contributed by atoms with Crippen LogP contribution in [0.2, 0.25) is 5.02 Å². The summed E-state index contributed by atoms with van der Waals surface area (Å²) in [7, 11) is 0. The summed E-state index contributed by atoms with van der Waals surface area (Å²) in [5.41, 5.74) is 3.13. The molecule has 0 aromatic heterocycles. The molecule has 0 unspecified atom stereocenters. The Bertz CT molecular complexity index is 1060. The molecule has 2 aromatic rings. The predicted molar refractivity (Wildman–Crippen MR) is 115 cm³/mol. The van der Waals surface area contributed by atoms with Crippen LogP contribution in [-0.2, 0) is 9.59 Å². The van der Waals surface area contributed by atoms with Gasteiger partial charge >= 0.3 is 0 Å². The molecule has 154 valence electrons. The SMILES string of the molecule is Cc1ccc(N2C(=O)[C@@H]3[C@H](C2=O)[C@H](C(=O)c2ccc(Cl)cc2)N2CCC[C@@H]32)c(C)c1. The lowest BCUT2D eigenvalue weighted by Gasteiger charge is -2.28. The Morgan fingerprint density at radius 3 is 2.40 bits per heavy atom. The highest BCUT2D eigenvalue weighted by atomic mass is 35.5. The van der Waals surface area contributed by atoms with E-state index in [4.69, 9.17) is 11.6 Å². The highest BCUT2D eigenvalue weighted by Crippen LogP contribution is 2.48. The number of rotatable bonds is 3. The van der Waals surface area contributed by atoms with Crippen LogP contribution in [0.1, 0.15) is 34.3 Å². The van der Waals surface area contributed by atoms with Gasteiger partial charge in [-0.05, 0) is 69.1 Å². The van der Waals surface area contributed by atoms with Gasteiger partial charge in [0, 0.05) is 16.6 Å². The molecule has 5 nitrogen and oxygen atoms in total. The van der Waals surface area contributed by atoms with Crippen molar-refractivity contribution in [2.45, 2.75) is 38.8 Å². The zero-order chi connectivity index (χ0) is 21.2. The third-order valence-electron chi connectivity index (χ3n) is 6.84. The lowest BCUT2D eigenvalue weighted by atomic mass is 9.85. The Kier molecular flexibility index (Phi) is 4.56. The molecule has 0 N–H and O–H groups in total. The second-order valence-corrected chi connectivity index (χ2v) is 9.05. The van der Waals surface area contributed by atoms with Gasteiger partial charge in [-0.25, -0.2) is 4.90 Å². The number of hydrogen-bond acceptors (Lipinski definition) is 4. The van der Waals surface area contributed by atoms with E-state index in [1.165, 1.54) is 4.90 Å². The monoisotopic (exact) mass is 422 g/mol. The van der Waals surface area contributed by atoms with E-state index in [9.17, 15) is 14.4 Å². The number of nitrogens with zero attached hydrogens (tertiary/aromatic N) is 2. The lowest BCUT2D eigenvalue weighted by Crippen LogP contribution is -2.46. The molecule has 3 aliphatic rings. The Morgan fingerprint density at radius 1 is 1.00 bits per heavy atom. The number of carbonyl (C=O) groups excluding carboxylic acids is 3. The van der Waals surface area contributed by atoms with Crippen molar-refractivity contribution in [3.8, 4) is 0 Å². The summed E-state index contributed by atoms with van der Waals surface area (Å²) in [6.07, 6.45) is 1.77. The Balaban J connectivity index is 1.56. The third-order valence-corrected chi connectivity index (χ3v) is 7.09. The third kappa shape index (κ3) is 2.76. The standard InChI is InChI=1S/C24H23ClN2O3/c1-13-5-10-17(14(2)12-13)27-23(29)19-18-4-3-11-26(18)21(20(19)24(27)30)22(28)15-6-8-16(25)9-7-15/h5-10,12,18-21H,3-4,11H2,1-2H3/t18-,19-,20-,21+/m0/s1. The average Bonchev–Trinajstić information content (AvgIpc) is 3.35. The van der Waals surface area contributed by atoms with E-state index in [1.807, 2.05) is 32.0 Å². The molecule has 4 atom stereocenters. The number of amides is 2. The van der Waals surface area contributed by atoms with Gasteiger partial charge in [0.05, 0.1) is 23.6 Å². The van der Waals surface area contributed by atoms with Crippen LogP contribution in [0, 0.1) is 25.7 Å². The number of imide groups is 1. The number of halogens is 1. The van der Waals surface area contributed by atoms with Crippen molar-refractivity contribution >= 4 is 34.9 Å². The molecule has 6 heteroatoms. The van der Waals surface area contributed by atoms with Crippen molar-refractivity contribution in [3.63, 3.8) is 0 Å². The maximum Gasteiger partial charge on any atom is 0.239 e. The summed E-state index contributed by atoms with van der Waals surface area (Å²) in [5, 5.41) is 0.558. The van der Waals surface area contributed by atoms with Gasteiger partial charge in [-0.3, -0.25) is 19.3 Å². The molecule has 3 aliphatic heterocycles. The fourth-order valence-corrected chi connectivity index (χ4v) is 5.72. The van der Waals surface area contributed by atoms with E-state index < -0.39 is 17.9 Å². The number of anilines is 1. The molecule has 2 amide bonds. The number of Topliss-reactive ketones (excluding diaryl/α,β-unsaturated/α-hetero) is 1. The van der Waals surface area contributed by atoms with Gasteiger partial charge in [0.2, 0.25) is 11.8 Å². The molecular weight excluding hydrogens is 400 g/mol. The van der Waals surface area contributed by atoms with Crippen LogP contribution in [0.25, 0.3) is 0 Å². The molecule has 0 saturated carbocycles. The van der Waals surface area contributed by atoms with Crippen LogP contribution < -0.4 is 4.90 Å². The summed E-state index contributed by atoms with van der Waals surface area (Å²) in [4.78, 5) is 44.0. The summed E-state index contributed by atoms with van der Waals surface area (Å²) in [5.74, 6) is -1.61. The second kappa shape index (κ2) is 7.03. The van der Waals surface area contributed by atoms with Gasteiger partial charge in [0.25, 0.3) is 0 Å². The number of benzene rings is 2. The first-order valence-corrected chi connectivity index (χ1v) is 10.8. The molecule has 0 spiro atoms. The first-order chi connectivity index (χ1) is 14.4. The zero-order valence-electron chi connectivity index (χ0n) is 17.0. The van der Waals surface area contributed by atoms with Crippen molar-refractivity contribution in [1.29, 1.82) is 0 Å². The first-order valence-electron chi connectivity index (χ1n) is 10.4. The topological polar surface area (TPSA) is 57.7 Å². The molecule has 0 bridgehead atoms. The van der Waals surface area contributed by atoms with Crippen molar-refractivity contribution in [1.82, 2.24) is 4.90 Å². The van der Waals surface area contributed by atoms with Crippen LogP contribution in [0.4, 0.5) is 5.69 Å². The van der Waals surface area contributed by atoms with E-state index in [-0.39, 0.29) is 23.6 Å². The number of fused-ring (bicyclic) bond motifs is 3. The fraction of sp³-hybridized carbons (Fsp3) is 0.375. The highest BCUT2D eigenvalue weighted by molar-refractivity contribution is 6.30. The van der Waals surface area contributed by atoms with E-state index in [1.54, 1.807) is 24.3 Å². The smallest absolute Gasteiger partial charge is 0.239 e. The first kappa shape index (κ1) is 19.5. The summed E-state index contributed by atoms with van der Waals surface area (Å²) < 4.78 is 0. The molecule has 3 heterocycles. The predicted octanol–water partition coefficient (Wildman–Crippen LogP) is 3.79. The van der Waals surface area contributed by atoms with Gasteiger partial charge in [-0.2, -0.15) is 0 Å². The number of carbonyl (C=O) groups is 3. The van der Waals surface area contributed by atoms with Gasteiger partial charge in [-0.1, -0.05) is 29.3 Å². The minimum absolute atomic E-state index is 0.0524. The summed E-state index contributed by atoms with van der Waals surface area (Å²) in [6.45, 7) is 4.64. The molecule has 2 aromatic carbocycles. The van der Waals surface area contributed by atoms with Crippen LogP contribution in [0.3, 0.4) is 0 Å². The Morgan fingerprint density at radius 2 is 1.70 bits per heavy atom. The lowest BCUT2D eigenvalue weighted by molar-refractivity contribution is -0.123. The number of hydrogen-bond donors (Lipinski definition) is 0. The van der Waals surface area contributed by atoms with E-state index in [0.717, 1.165) is 30.5 Å². The molecule has 5 rings (SSSR count). The number of aryl methyl sites for hydroxylation is 2. The fourth-order valence-electron chi connectivity index (χ4n) is 5.59. The highest BCUT2D eigenvalue weighted by Gasteiger charge is 2.64. The minimum atomic E-state index is -0.633. The molecular formula is C24H23ClN2O3. The maximum absolute atomic E-state index is 13.6. The zero-order valence-corrected chi connectivity index (χ0v) is 17.7. The molecule has 3 fully saturated rings. The Labute approximate surface area is 180 Å². The number of ketones is 1. The molecule has 30 heavy (non-hydrogen) atoms. The van der Waals surface area contributed by atoms with Crippen molar-refractivity contribution in [2.75, 3.05) is 11.4 Å². The van der Waals surface area contributed by atoms with Crippen LogP contribution in [0.5, 0.6) is 0 Å². The van der Waals surface area contributed by atoms with Crippen molar-refractivity contribution in [3.05, 3.63) is 64.2 Å². The molecule has 0 aliphatic carbocycles. The van der Waals surface area contributed by atoms with Gasteiger partial charge in [-0.15, -0.1) is 0 Å². The molecule has 0 radical (unpaired) electrons. The van der Waals surface area contributed by atoms with Crippen molar-refractivity contribution in [2.24, 2.45) is 11.8 Å². The van der Waals surface area contributed by atoms with Crippen LogP contribution >= 0.6 is 11.6 Å². The quantitative estimate of drug-likeness (QED) is 0.557. The summed E-state index contributed by atoms with van der Waals surface area (Å²) in [6, 6.07) is 11.8. The van der Waals surface area contributed by atoms with E-state index in [2.05, 4.69) is 4.90 Å². The normalized spacial score (nSPS) is 28.2. The van der Waals surface area contributed by atoms with Crippen LogP contribution in [0.15, 0.2) is 42.5 Å². The largest absolute Gasteiger partial charge is 0.292 e. The van der Waals surface area contributed by atoms with Gasteiger partial charge in [0.1, 0.15) is 0 Å². The Hall–Kier alpha value is -2.50. The summed E-state index contributed by atoms with van der Waals surface area (Å²) >= 11 is 5.98. The van der Waals surface area contributed by atoms with Crippen molar-refractivity contribution < 1.29 is 14.4 Å². The maximum atomic E-state index is 13.6. The van der Waals surface area contributed by atoms with Gasteiger partial charge in [0.15, 0.2) is 5.78 Å². The second-order valence-electron chi connectivity index (χ2n) is 8.62. The van der Waals surface area contributed by atoms with E-state index >= 15 is 0 Å². The molecule has 3 saturated heterocycles. The van der Waals surface area contributed by atoms with Crippen LogP contribution in [-0.4, -0.2) is 41.1 Å². The van der Waals surface area contributed by atoms with E-state index in [0.29, 0.717) is 16.3 Å². The van der Waals surface area contributed by atoms with Gasteiger partial charge < -0.3 is 0 Å².